The van der Waals surface area contributed by atoms with Gasteiger partial charge >= 0.3 is 0 Å². The van der Waals surface area contributed by atoms with E-state index in [0.29, 0.717) is 29.6 Å². The van der Waals surface area contributed by atoms with Crippen molar-refractivity contribution < 1.29 is 14.3 Å². The highest BCUT2D eigenvalue weighted by atomic mass is 16.5. The first kappa shape index (κ1) is 22.7. The van der Waals surface area contributed by atoms with Gasteiger partial charge in [-0.25, -0.2) is 4.68 Å². The third-order valence-corrected chi connectivity index (χ3v) is 6.05. The molecule has 0 N–H and O–H groups in total. The molecule has 1 aliphatic heterocycles. The molecule has 5 heteroatoms. The molecule has 3 aromatic carbocycles. The minimum absolute atomic E-state index is 0.112. The Morgan fingerprint density at radius 1 is 1.00 bits per heavy atom. The summed E-state index contributed by atoms with van der Waals surface area (Å²) in [5, 5.41) is 4.86. The highest BCUT2D eigenvalue weighted by molar-refractivity contribution is 6.14. The maximum atomic E-state index is 13.1. The van der Waals surface area contributed by atoms with Crippen molar-refractivity contribution in [3.8, 4) is 28.4 Å². The van der Waals surface area contributed by atoms with E-state index in [-0.39, 0.29) is 5.78 Å². The number of carbonyl (C=O) groups excluding carboxylic acids is 1. The standard InChI is InChI=1S/C30H28N2O3/c1-19(2)18-34-25-12-10-22(11-13-25)29-23(17-32(31-29)24-8-6-5-7-9-24)16-28-30(33)26-14-20(3)21(4)15-27(26)35-28/h5-17,19H,18H2,1-4H3/b28-16-. The SMILES string of the molecule is Cc1cc2c(cc1C)C(=O)/C(=C/c1cn(-c3ccccc3)nc1-c1ccc(OCC(C)C)cc1)O2. The first-order valence-corrected chi connectivity index (χ1v) is 11.8. The maximum Gasteiger partial charge on any atom is 0.231 e. The van der Waals surface area contributed by atoms with Crippen LogP contribution in [-0.2, 0) is 0 Å². The van der Waals surface area contributed by atoms with E-state index in [0.717, 1.165) is 39.4 Å². The van der Waals surface area contributed by atoms with Gasteiger partial charge in [-0.3, -0.25) is 4.79 Å². The lowest BCUT2D eigenvalue weighted by Gasteiger charge is -2.09. The Bertz CT molecular complexity index is 1410. The molecule has 0 aliphatic carbocycles. The monoisotopic (exact) mass is 464 g/mol. The molecule has 2 heterocycles. The number of fused-ring (bicyclic) bond motifs is 1. The number of para-hydroxylation sites is 1. The molecular formula is C30H28N2O3. The van der Waals surface area contributed by atoms with Crippen molar-refractivity contribution in [3.63, 3.8) is 0 Å². The summed E-state index contributed by atoms with van der Waals surface area (Å²) < 4.78 is 13.7. The molecule has 0 fully saturated rings. The van der Waals surface area contributed by atoms with E-state index in [4.69, 9.17) is 14.6 Å². The van der Waals surface area contributed by atoms with Crippen molar-refractivity contribution in [1.29, 1.82) is 0 Å². The smallest absolute Gasteiger partial charge is 0.231 e. The minimum Gasteiger partial charge on any atom is -0.493 e. The molecule has 0 bridgehead atoms. The fraction of sp³-hybridized carbons (Fsp3) is 0.200. The molecular weight excluding hydrogens is 436 g/mol. The van der Waals surface area contributed by atoms with Gasteiger partial charge in [0.1, 0.15) is 17.2 Å². The molecule has 5 nitrogen and oxygen atoms in total. The van der Waals surface area contributed by atoms with Crippen LogP contribution in [0.15, 0.2) is 78.7 Å². The summed E-state index contributed by atoms with van der Waals surface area (Å²) in [6, 6.07) is 21.6. The Kier molecular flexibility index (Phi) is 6.00. The van der Waals surface area contributed by atoms with Crippen LogP contribution in [0.3, 0.4) is 0 Å². The Hall–Kier alpha value is -4.12. The highest BCUT2D eigenvalue weighted by Gasteiger charge is 2.28. The average Bonchev–Trinajstić information content (AvgIpc) is 3.40. The van der Waals surface area contributed by atoms with Crippen molar-refractivity contribution in [2.24, 2.45) is 5.92 Å². The normalized spacial score (nSPS) is 13.9. The van der Waals surface area contributed by atoms with Gasteiger partial charge in [-0.1, -0.05) is 32.0 Å². The fourth-order valence-electron chi connectivity index (χ4n) is 3.99. The molecule has 0 atom stereocenters. The van der Waals surface area contributed by atoms with E-state index in [1.165, 1.54) is 0 Å². The Morgan fingerprint density at radius 2 is 1.71 bits per heavy atom. The van der Waals surface area contributed by atoms with Gasteiger partial charge in [-0.05, 0) is 85.5 Å². The summed E-state index contributed by atoms with van der Waals surface area (Å²) in [7, 11) is 0. The number of aryl methyl sites for hydroxylation is 2. The molecule has 0 spiro atoms. The van der Waals surface area contributed by atoms with E-state index >= 15 is 0 Å². The molecule has 4 aromatic rings. The van der Waals surface area contributed by atoms with Gasteiger partial charge in [0.05, 0.1) is 17.9 Å². The van der Waals surface area contributed by atoms with E-state index < -0.39 is 0 Å². The van der Waals surface area contributed by atoms with Crippen molar-refractivity contribution in [2.45, 2.75) is 27.7 Å². The van der Waals surface area contributed by atoms with Crippen LogP contribution in [0, 0.1) is 19.8 Å². The first-order valence-electron chi connectivity index (χ1n) is 11.8. The number of Topliss-reactive ketones (excluding diaryl/α,β-unsaturated/α-hetero) is 1. The van der Waals surface area contributed by atoms with Gasteiger partial charge in [-0.2, -0.15) is 5.10 Å². The summed E-state index contributed by atoms with van der Waals surface area (Å²) in [5.41, 5.74) is 6.19. The molecule has 0 radical (unpaired) electrons. The minimum atomic E-state index is -0.112. The van der Waals surface area contributed by atoms with Crippen molar-refractivity contribution >= 4 is 11.9 Å². The molecule has 35 heavy (non-hydrogen) atoms. The van der Waals surface area contributed by atoms with Gasteiger partial charge < -0.3 is 9.47 Å². The number of hydrogen-bond acceptors (Lipinski definition) is 4. The number of rotatable bonds is 6. The zero-order valence-corrected chi connectivity index (χ0v) is 20.4. The molecule has 1 aliphatic rings. The predicted octanol–water partition coefficient (Wildman–Crippen LogP) is 6.81. The number of aromatic nitrogens is 2. The van der Waals surface area contributed by atoms with Crippen LogP contribution in [0.25, 0.3) is 23.0 Å². The van der Waals surface area contributed by atoms with Gasteiger partial charge in [-0.15, -0.1) is 0 Å². The third kappa shape index (κ3) is 4.62. The molecule has 0 amide bonds. The second kappa shape index (κ2) is 9.26. The van der Waals surface area contributed by atoms with Gasteiger partial charge in [0, 0.05) is 17.3 Å². The summed E-state index contributed by atoms with van der Waals surface area (Å²) in [5.74, 6) is 2.07. The van der Waals surface area contributed by atoms with E-state index in [2.05, 4.69) is 13.8 Å². The van der Waals surface area contributed by atoms with E-state index in [9.17, 15) is 4.79 Å². The maximum absolute atomic E-state index is 13.1. The van der Waals surface area contributed by atoms with E-state index in [1.807, 2.05) is 91.5 Å². The quantitative estimate of drug-likeness (QED) is 0.294. The highest BCUT2D eigenvalue weighted by Crippen LogP contribution is 2.35. The lowest BCUT2D eigenvalue weighted by atomic mass is 10.0. The van der Waals surface area contributed by atoms with Gasteiger partial charge in [0.25, 0.3) is 0 Å². The van der Waals surface area contributed by atoms with Crippen LogP contribution in [0.2, 0.25) is 0 Å². The number of carbonyl (C=O) groups is 1. The molecule has 0 saturated carbocycles. The fourth-order valence-corrected chi connectivity index (χ4v) is 3.99. The van der Waals surface area contributed by atoms with Gasteiger partial charge in [0.2, 0.25) is 5.78 Å². The zero-order chi connectivity index (χ0) is 24.5. The second-order valence-corrected chi connectivity index (χ2v) is 9.31. The summed E-state index contributed by atoms with van der Waals surface area (Å²) in [6.45, 7) is 8.93. The number of ketones is 1. The van der Waals surface area contributed by atoms with Crippen LogP contribution in [0.5, 0.6) is 11.5 Å². The molecule has 0 unspecified atom stereocenters. The number of ether oxygens (including phenoxy) is 2. The largest absolute Gasteiger partial charge is 0.493 e. The second-order valence-electron chi connectivity index (χ2n) is 9.31. The molecule has 176 valence electrons. The van der Waals surface area contributed by atoms with Crippen LogP contribution in [0.4, 0.5) is 0 Å². The van der Waals surface area contributed by atoms with Gasteiger partial charge in [0.15, 0.2) is 5.76 Å². The summed E-state index contributed by atoms with van der Waals surface area (Å²) in [4.78, 5) is 13.1. The Balaban J connectivity index is 1.54. The van der Waals surface area contributed by atoms with Crippen LogP contribution >= 0.6 is 0 Å². The lowest BCUT2D eigenvalue weighted by molar-refractivity contribution is 0.101. The van der Waals surface area contributed by atoms with Crippen molar-refractivity contribution in [3.05, 3.63) is 101 Å². The topological polar surface area (TPSA) is 53.4 Å². The van der Waals surface area contributed by atoms with Crippen LogP contribution < -0.4 is 9.47 Å². The number of benzene rings is 3. The number of nitrogens with zero attached hydrogens (tertiary/aromatic N) is 2. The number of hydrogen-bond donors (Lipinski definition) is 0. The zero-order valence-electron chi connectivity index (χ0n) is 20.4. The summed E-state index contributed by atoms with van der Waals surface area (Å²) >= 11 is 0. The van der Waals surface area contributed by atoms with Crippen LogP contribution in [-0.4, -0.2) is 22.2 Å². The van der Waals surface area contributed by atoms with Crippen molar-refractivity contribution in [2.75, 3.05) is 6.61 Å². The number of allylic oxidation sites excluding steroid dienone is 1. The summed E-state index contributed by atoms with van der Waals surface area (Å²) in [6.07, 6.45) is 3.72. The van der Waals surface area contributed by atoms with Crippen LogP contribution in [0.1, 0.15) is 40.9 Å². The average molecular weight is 465 g/mol. The molecule has 5 rings (SSSR count). The molecule has 0 saturated heterocycles. The lowest BCUT2D eigenvalue weighted by Crippen LogP contribution is -2.04. The molecule has 1 aromatic heterocycles. The Morgan fingerprint density at radius 3 is 2.43 bits per heavy atom. The Labute approximate surface area is 205 Å². The third-order valence-electron chi connectivity index (χ3n) is 6.05. The van der Waals surface area contributed by atoms with Crippen molar-refractivity contribution in [1.82, 2.24) is 9.78 Å². The first-order chi connectivity index (χ1) is 16.9. The van der Waals surface area contributed by atoms with E-state index in [1.54, 1.807) is 6.08 Å². The predicted molar refractivity (Wildman–Crippen MR) is 138 cm³/mol.